The fraction of sp³-hybridized carbons (Fsp3) is 0.435. The fourth-order valence-electron chi connectivity index (χ4n) is 4.23. The number of piperidine rings is 1. The monoisotopic (exact) mass is 348 g/mol. The zero-order chi connectivity index (χ0) is 17.9. The van der Waals surface area contributed by atoms with Crippen molar-refractivity contribution in [1.29, 1.82) is 0 Å². The van der Waals surface area contributed by atoms with Crippen LogP contribution >= 0.6 is 0 Å². The van der Waals surface area contributed by atoms with E-state index in [1.165, 1.54) is 47.5 Å². The number of benzene rings is 2. The lowest BCUT2D eigenvalue weighted by Gasteiger charge is -2.26. The van der Waals surface area contributed by atoms with Crippen LogP contribution in [0.25, 0.3) is 21.8 Å². The van der Waals surface area contributed by atoms with Crippen LogP contribution in [0.4, 0.5) is 0 Å². The molecule has 0 spiro atoms. The largest absolute Gasteiger partial charge is 0.340 e. The van der Waals surface area contributed by atoms with Gasteiger partial charge in [-0.1, -0.05) is 38.0 Å². The molecule has 1 amide bonds. The van der Waals surface area contributed by atoms with E-state index in [2.05, 4.69) is 47.9 Å². The lowest BCUT2D eigenvalue weighted by molar-refractivity contribution is 0.0724. The minimum atomic E-state index is 0.189. The number of fused-ring (bicyclic) bond motifs is 3. The Bertz CT molecular complexity index is 918. The number of rotatable bonds is 5. The maximum absolute atomic E-state index is 12.9. The van der Waals surface area contributed by atoms with Crippen LogP contribution in [0, 0.1) is 0 Å². The third-order valence-corrected chi connectivity index (χ3v) is 5.65. The number of likely N-dealkylation sites (tertiary alicyclic amines) is 1. The van der Waals surface area contributed by atoms with Crippen LogP contribution in [0.5, 0.6) is 0 Å². The van der Waals surface area contributed by atoms with Gasteiger partial charge in [0.25, 0.3) is 5.91 Å². The Labute approximate surface area is 155 Å². The molecule has 0 radical (unpaired) electrons. The van der Waals surface area contributed by atoms with E-state index in [1.807, 2.05) is 11.0 Å². The molecule has 1 aromatic heterocycles. The van der Waals surface area contributed by atoms with Crippen molar-refractivity contribution in [2.24, 2.45) is 0 Å². The molecule has 26 heavy (non-hydrogen) atoms. The summed E-state index contributed by atoms with van der Waals surface area (Å²) >= 11 is 0. The summed E-state index contributed by atoms with van der Waals surface area (Å²) in [6.45, 7) is 5.08. The van der Waals surface area contributed by atoms with Gasteiger partial charge in [-0.25, -0.2) is 0 Å². The van der Waals surface area contributed by atoms with Gasteiger partial charge >= 0.3 is 0 Å². The number of carbonyl (C=O) groups excluding carboxylic acids is 1. The maximum Gasteiger partial charge on any atom is 0.253 e. The molecule has 1 aliphatic rings. The Kier molecular flexibility index (Phi) is 4.96. The first-order valence-electron chi connectivity index (χ1n) is 10.1. The summed E-state index contributed by atoms with van der Waals surface area (Å²) in [6, 6.07) is 14.9. The second kappa shape index (κ2) is 7.53. The number of unbranched alkanes of at least 4 members (excludes halogenated alkanes) is 2. The number of hydrogen-bond donors (Lipinski definition) is 0. The molecule has 1 fully saturated rings. The highest BCUT2D eigenvalue weighted by Gasteiger charge is 2.19. The third-order valence-electron chi connectivity index (χ3n) is 5.65. The van der Waals surface area contributed by atoms with Gasteiger partial charge in [-0.15, -0.1) is 0 Å². The van der Waals surface area contributed by atoms with Gasteiger partial charge in [-0.3, -0.25) is 4.79 Å². The molecule has 2 heterocycles. The first-order chi connectivity index (χ1) is 12.8. The van der Waals surface area contributed by atoms with E-state index in [9.17, 15) is 4.79 Å². The number of hydrogen-bond acceptors (Lipinski definition) is 1. The van der Waals surface area contributed by atoms with Crippen LogP contribution in [-0.4, -0.2) is 28.5 Å². The zero-order valence-electron chi connectivity index (χ0n) is 15.7. The van der Waals surface area contributed by atoms with Crippen molar-refractivity contribution in [3.63, 3.8) is 0 Å². The Morgan fingerprint density at radius 3 is 2.50 bits per heavy atom. The van der Waals surface area contributed by atoms with E-state index in [-0.39, 0.29) is 5.91 Å². The molecule has 4 rings (SSSR count). The quantitative estimate of drug-likeness (QED) is 0.550. The summed E-state index contributed by atoms with van der Waals surface area (Å²) in [5.74, 6) is 0.189. The molecule has 3 aromatic rings. The van der Waals surface area contributed by atoms with E-state index in [0.29, 0.717) is 0 Å². The molecule has 1 saturated heterocycles. The van der Waals surface area contributed by atoms with Crippen molar-refractivity contribution in [2.75, 3.05) is 13.1 Å². The molecule has 0 aliphatic carbocycles. The molecule has 0 saturated carbocycles. The Hall–Kier alpha value is -2.29. The summed E-state index contributed by atoms with van der Waals surface area (Å²) in [6.07, 6.45) is 7.17. The van der Waals surface area contributed by atoms with Gasteiger partial charge in [0.2, 0.25) is 0 Å². The number of nitrogens with zero attached hydrogens (tertiary/aromatic N) is 2. The predicted molar refractivity (Wildman–Crippen MR) is 109 cm³/mol. The van der Waals surface area contributed by atoms with Crippen LogP contribution < -0.4 is 0 Å². The van der Waals surface area contributed by atoms with Gasteiger partial charge in [-0.2, -0.15) is 0 Å². The zero-order valence-corrected chi connectivity index (χ0v) is 15.7. The smallest absolute Gasteiger partial charge is 0.253 e. The number of aromatic nitrogens is 1. The molecule has 0 atom stereocenters. The highest BCUT2D eigenvalue weighted by atomic mass is 16.2. The number of carbonyl (C=O) groups is 1. The van der Waals surface area contributed by atoms with Crippen LogP contribution in [0.3, 0.4) is 0 Å². The lowest BCUT2D eigenvalue weighted by atomic mass is 10.1. The highest BCUT2D eigenvalue weighted by Crippen LogP contribution is 2.30. The Balaban J connectivity index is 1.75. The lowest BCUT2D eigenvalue weighted by Crippen LogP contribution is -2.35. The summed E-state index contributed by atoms with van der Waals surface area (Å²) in [7, 11) is 0. The molecule has 3 nitrogen and oxygen atoms in total. The van der Waals surface area contributed by atoms with Gasteiger partial charge in [0, 0.05) is 47.0 Å². The van der Waals surface area contributed by atoms with Gasteiger partial charge < -0.3 is 9.47 Å². The molecular formula is C23H28N2O. The fourth-order valence-corrected chi connectivity index (χ4v) is 4.23. The average molecular weight is 348 g/mol. The number of aryl methyl sites for hydroxylation is 1. The predicted octanol–water partition coefficient (Wildman–Crippen LogP) is 5.61. The van der Waals surface area contributed by atoms with Gasteiger partial charge in [0.15, 0.2) is 0 Å². The molecule has 136 valence electrons. The molecule has 0 N–H and O–H groups in total. The third kappa shape index (κ3) is 3.11. The second-order valence-electron chi connectivity index (χ2n) is 7.46. The topological polar surface area (TPSA) is 25.2 Å². The van der Waals surface area contributed by atoms with Crippen LogP contribution in [-0.2, 0) is 6.54 Å². The molecule has 1 aliphatic heterocycles. The van der Waals surface area contributed by atoms with E-state index >= 15 is 0 Å². The molecule has 0 bridgehead atoms. The maximum atomic E-state index is 12.9. The van der Waals surface area contributed by atoms with E-state index in [4.69, 9.17) is 0 Å². The van der Waals surface area contributed by atoms with Crippen LogP contribution in [0.2, 0.25) is 0 Å². The van der Waals surface area contributed by atoms with E-state index in [1.54, 1.807) is 0 Å². The summed E-state index contributed by atoms with van der Waals surface area (Å²) in [5, 5.41) is 2.47. The SMILES string of the molecule is CCCCCn1c2ccccc2c2cc(C(=O)N3CCCCC3)ccc21. The van der Waals surface area contributed by atoms with Crippen molar-refractivity contribution >= 4 is 27.7 Å². The van der Waals surface area contributed by atoms with E-state index in [0.717, 1.165) is 38.0 Å². The standard InChI is InChI=1S/C23H28N2O/c1-2-3-7-16-25-21-11-6-5-10-19(21)20-17-18(12-13-22(20)25)23(26)24-14-8-4-9-15-24/h5-6,10-13,17H,2-4,7-9,14-16H2,1H3. The number of amides is 1. The minimum absolute atomic E-state index is 0.189. The molecule has 3 heteroatoms. The van der Waals surface area contributed by atoms with Crippen molar-refractivity contribution in [3.8, 4) is 0 Å². The van der Waals surface area contributed by atoms with Gasteiger partial charge in [-0.05, 0) is 49.9 Å². The second-order valence-corrected chi connectivity index (χ2v) is 7.46. The first kappa shape index (κ1) is 17.1. The molecular weight excluding hydrogens is 320 g/mol. The van der Waals surface area contributed by atoms with Crippen LogP contribution in [0.15, 0.2) is 42.5 Å². The minimum Gasteiger partial charge on any atom is -0.340 e. The first-order valence-corrected chi connectivity index (χ1v) is 10.1. The van der Waals surface area contributed by atoms with Crippen molar-refractivity contribution in [3.05, 3.63) is 48.0 Å². The number of para-hydroxylation sites is 1. The summed E-state index contributed by atoms with van der Waals surface area (Å²) in [5.41, 5.74) is 3.36. The molecule has 0 unspecified atom stereocenters. The summed E-state index contributed by atoms with van der Waals surface area (Å²) < 4.78 is 2.43. The normalized spacial score (nSPS) is 15.0. The van der Waals surface area contributed by atoms with Crippen molar-refractivity contribution in [1.82, 2.24) is 9.47 Å². The average Bonchev–Trinajstić information content (AvgIpc) is 3.02. The highest BCUT2D eigenvalue weighted by molar-refractivity contribution is 6.10. The van der Waals surface area contributed by atoms with Crippen LogP contribution in [0.1, 0.15) is 55.8 Å². The van der Waals surface area contributed by atoms with Crippen molar-refractivity contribution in [2.45, 2.75) is 52.0 Å². The Morgan fingerprint density at radius 2 is 1.69 bits per heavy atom. The van der Waals surface area contributed by atoms with E-state index < -0.39 is 0 Å². The van der Waals surface area contributed by atoms with Gasteiger partial charge in [0.05, 0.1) is 0 Å². The molecule has 2 aromatic carbocycles. The van der Waals surface area contributed by atoms with Gasteiger partial charge in [0.1, 0.15) is 0 Å². The van der Waals surface area contributed by atoms with Crippen molar-refractivity contribution < 1.29 is 4.79 Å². The Morgan fingerprint density at radius 1 is 0.923 bits per heavy atom. The summed E-state index contributed by atoms with van der Waals surface area (Å²) in [4.78, 5) is 14.9.